The molecule has 2 aliphatic rings. The fourth-order valence-corrected chi connectivity index (χ4v) is 2.01. The molecule has 2 aliphatic heterocycles. The van der Waals surface area contributed by atoms with Crippen LogP contribution in [0, 0.1) is 0 Å². The Morgan fingerprint density at radius 2 is 2.24 bits per heavy atom. The van der Waals surface area contributed by atoms with Gasteiger partial charge >= 0.3 is 6.03 Å². The zero-order valence-corrected chi connectivity index (χ0v) is 8.99. The quantitative estimate of drug-likeness (QED) is 0.460. The number of hydrogen-bond acceptors (Lipinski definition) is 5. The number of nitrogens with one attached hydrogen (secondary N) is 1. The lowest BCUT2D eigenvalue weighted by atomic mass is 10.1. The summed E-state index contributed by atoms with van der Waals surface area (Å²) in [7, 11) is 0. The van der Waals surface area contributed by atoms with E-state index in [4.69, 9.17) is 9.84 Å². The Kier molecular flexibility index (Phi) is 3.48. The molecule has 7 nitrogen and oxygen atoms in total. The summed E-state index contributed by atoms with van der Waals surface area (Å²) < 4.78 is 18.8. The highest BCUT2D eigenvalue weighted by atomic mass is 19.1. The Balaban J connectivity index is 2.05. The van der Waals surface area contributed by atoms with Gasteiger partial charge in [-0.05, 0) is 0 Å². The molecule has 0 aromatic carbocycles. The van der Waals surface area contributed by atoms with E-state index in [0.717, 1.165) is 4.90 Å². The number of amides is 2. The first kappa shape index (κ1) is 12.5. The molecule has 0 radical (unpaired) electrons. The second-order valence-electron chi connectivity index (χ2n) is 4.13. The highest BCUT2D eigenvalue weighted by molar-refractivity contribution is 5.75. The number of alkyl halides is 1. The topological polar surface area (TPSA) is 102 Å². The van der Waals surface area contributed by atoms with Crippen molar-refractivity contribution >= 4 is 6.03 Å². The molecule has 17 heavy (non-hydrogen) atoms. The van der Waals surface area contributed by atoms with Crippen LogP contribution >= 0.6 is 0 Å². The van der Waals surface area contributed by atoms with Gasteiger partial charge in [0.05, 0.1) is 6.61 Å². The zero-order chi connectivity index (χ0) is 12.6. The van der Waals surface area contributed by atoms with Crippen LogP contribution in [0.2, 0.25) is 0 Å². The third-order valence-electron chi connectivity index (χ3n) is 2.98. The van der Waals surface area contributed by atoms with Crippen LogP contribution in [0.5, 0.6) is 0 Å². The largest absolute Gasteiger partial charge is 0.394 e. The van der Waals surface area contributed by atoms with Gasteiger partial charge in [0.2, 0.25) is 0 Å². The normalized spacial score (nSPS) is 42.7. The molecule has 98 valence electrons. The summed E-state index contributed by atoms with van der Waals surface area (Å²) in [4.78, 5) is 12.6. The summed E-state index contributed by atoms with van der Waals surface area (Å²) in [5.41, 5.74) is 0. The number of aliphatic hydroxyl groups excluding tert-OH is 3. The molecule has 8 heteroatoms. The fraction of sp³-hybridized carbons (Fsp3) is 0.889. The third-order valence-corrected chi connectivity index (χ3v) is 2.98. The number of aliphatic hydroxyl groups is 3. The Morgan fingerprint density at radius 3 is 2.76 bits per heavy atom. The monoisotopic (exact) mass is 250 g/mol. The summed E-state index contributed by atoms with van der Waals surface area (Å²) in [6.45, 7) is -0.390. The lowest BCUT2D eigenvalue weighted by Gasteiger charge is -2.34. The Hall–Kier alpha value is -0.960. The first-order chi connectivity index (χ1) is 8.04. The summed E-state index contributed by atoms with van der Waals surface area (Å²) in [5, 5.41) is 29.7. The molecule has 0 saturated carbocycles. The molecule has 0 aliphatic carbocycles. The van der Waals surface area contributed by atoms with E-state index >= 15 is 0 Å². The second kappa shape index (κ2) is 4.73. The number of halogens is 1. The van der Waals surface area contributed by atoms with Crippen LogP contribution in [-0.2, 0) is 4.74 Å². The minimum atomic E-state index is -1.77. The van der Waals surface area contributed by atoms with E-state index in [-0.39, 0.29) is 13.0 Å². The van der Waals surface area contributed by atoms with Gasteiger partial charge in [0, 0.05) is 13.0 Å². The van der Waals surface area contributed by atoms with E-state index in [1.165, 1.54) is 0 Å². The van der Waals surface area contributed by atoms with Gasteiger partial charge in [-0.2, -0.15) is 0 Å². The van der Waals surface area contributed by atoms with Crippen molar-refractivity contribution in [2.24, 2.45) is 0 Å². The maximum absolute atomic E-state index is 13.7. The van der Waals surface area contributed by atoms with Gasteiger partial charge in [0.25, 0.3) is 0 Å². The van der Waals surface area contributed by atoms with Gasteiger partial charge in [-0.25, -0.2) is 9.18 Å². The van der Waals surface area contributed by atoms with Gasteiger partial charge in [-0.3, -0.25) is 4.90 Å². The van der Waals surface area contributed by atoms with Crippen LogP contribution in [0.15, 0.2) is 0 Å². The highest BCUT2D eigenvalue weighted by Gasteiger charge is 2.48. The molecular formula is C9H15FN2O5. The second-order valence-corrected chi connectivity index (χ2v) is 4.13. The number of rotatable bonds is 2. The van der Waals surface area contributed by atoms with Crippen LogP contribution in [0.4, 0.5) is 9.18 Å². The molecule has 0 bridgehead atoms. The van der Waals surface area contributed by atoms with E-state index in [0.29, 0.717) is 0 Å². The van der Waals surface area contributed by atoms with Crippen LogP contribution < -0.4 is 5.32 Å². The Labute approximate surface area is 96.8 Å². The van der Waals surface area contributed by atoms with Crippen molar-refractivity contribution < 1.29 is 29.2 Å². The predicted octanol–water partition coefficient (Wildman–Crippen LogP) is -1.86. The summed E-state index contributed by atoms with van der Waals surface area (Å²) in [6.07, 6.45) is -6.18. The lowest BCUT2D eigenvalue weighted by molar-refractivity contribution is -0.0804. The SMILES string of the molecule is O=C1N[C@@H](O)CCN1C1O[C@H](CO)[C@@H](O)[C@@H]1F. The van der Waals surface area contributed by atoms with E-state index in [2.05, 4.69) is 5.32 Å². The van der Waals surface area contributed by atoms with Crippen molar-refractivity contribution in [3.05, 3.63) is 0 Å². The number of carbonyl (C=O) groups is 1. The number of ether oxygens (including phenoxy) is 1. The summed E-state index contributed by atoms with van der Waals surface area (Å²) in [6, 6.07) is -0.651. The van der Waals surface area contributed by atoms with Gasteiger partial charge in [0.15, 0.2) is 12.4 Å². The van der Waals surface area contributed by atoms with E-state index in [1.807, 2.05) is 0 Å². The average molecular weight is 250 g/mol. The molecule has 5 atom stereocenters. The van der Waals surface area contributed by atoms with E-state index in [1.54, 1.807) is 0 Å². The standard InChI is InChI=1S/C9H15FN2O5/c10-6-7(15)4(3-13)17-8(6)12-2-1-5(14)11-9(12)16/h4-8,13-15H,1-3H2,(H,11,16)/t4-,5+,6+,7-,8?/m1/s1. The number of nitrogens with zero attached hydrogens (tertiary/aromatic N) is 1. The summed E-state index contributed by atoms with van der Waals surface area (Å²) >= 11 is 0. The van der Waals surface area contributed by atoms with Crippen LogP contribution in [-0.4, -0.2) is 70.2 Å². The van der Waals surface area contributed by atoms with Gasteiger partial charge in [-0.1, -0.05) is 0 Å². The van der Waals surface area contributed by atoms with Crippen molar-refractivity contribution in [2.45, 2.75) is 37.3 Å². The number of urea groups is 1. The van der Waals surface area contributed by atoms with Crippen molar-refractivity contribution in [1.29, 1.82) is 0 Å². The van der Waals surface area contributed by atoms with Crippen LogP contribution in [0.25, 0.3) is 0 Å². The minimum Gasteiger partial charge on any atom is -0.394 e. The highest BCUT2D eigenvalue weighted by Crippen LogP contribution is 2.27. The average Bonchev–Trinajstić information content (AvgIpc) is 2.57. The predicted molar refractivity (Wildman–Crippen MR) is 52.5 cm³/mol. The van der Waals surface area contributed by atoms with E-state index < -0.39 is 43.5 Å². The summed E-state index contributed by atoms with van der Waals surface area (Å²) in [5.74, 6) is 0. The molecule has 2 fully saturated rings. The molecule has 4 N–H and O–H groups in total. The molecule has 2 rings (SSSR count). The van der Waals surface area contributed by atoms with Gasteiger partial charge in [-0.15, -0.1) is 0 Å². The Morgan fingerprint density at radius 1 is 1.53 bits per heavy atom. The first-order valence-corrected chi connectivity index (χ1v) is 5.38. The van der Waals surface area contributed by atoms with Crippen LogP contribution in [0.3, 0.4) is 0 Å². The maximum atomic E-state index is 13.7. The minimum absolute atomic E-state index is 0.128. The first-order valence-electron chi connectivity index (χ1n) is 5.38. The fourth-order valence-electron chi connectivity index (χ4n) is 2.01. The van der Waals surface area contributed by atoms with Gasteiger partial charge in [0.1, 0.15) is 18.4 Å². The molecule has 2 saturated heterocycles. The molecule has 2 amide bonds. The number of hydrogen-bond donors (Lipinski definition) is 4. The van der Waals surface area contributed by atoms with Crippen molar-refractivity contribution in [3.63, 3.8) is 0 Å². The molecule has 2 heterocycles. The molecule has 0 aromatic heterocycles. The molecule has 0 spiro atoms. The Bertz CT molecular complexity index is 305. The van der Waals surface area contributed by atoms with Crippen molar-refractivity contribution in [3.8, 4) is 0 Å². The molecule has 1 unspecified atom stereocenters. The van der Waals surface area contributed by atoms with Gasteiger partial charge < -0.3 is 25.4 Å². The zero-order valence-electron chi connectivity index (χ0n) is 8.99. The maximum Gasteiger partial charge on any atom is 0.321 e. The van der Waals surface area contributed by atoms with E-state index in [9.17, 15) is 19.4 Å². The molecule has 0 aromatic rings. The van der Waals surface area contributed by atoms with Crippen molar-refractivity contribution in [1.82, 2.24) is 10.2 Å². The molecular weight excluding hydrogens is 235 g/mol. The number of carbonyl (C=O) groups excluding carboxylic acids is 1. The van der Waals surface area contributed by atoms with Crippen molar-refractivity contribution in [2.75, 3.05) is 13.2 Å². The van der Waals surface area contributed by atoms with Crippen LogP contribution in [0.1, 0.15) is 6.42 Å². The third kappa shape index (κ3) is 2.21. The lowest BCUT2D eigenvalue weighted by Crippen LogP contribution is -2.57. The smallest absolute Gasteiger partial charge is 0.321 e.